The van der Waals surface area contributed by atoms with Gasteiger partial charge >= 0.3 is 10.4 Å². The summed E-state index contributed by atoms with van der Waals surface area (Å²) in [6.45, 7) is -0.763. The van der Waals surface area contributed by atoms with Crippen LogP contribution < -0.4 is 22.9 Å². The predicted octanol–water partition coefficient (Wildman–Crippen LogP) is -7.94. The molecule has 3 fully saturated rings. The fourth-order valence-corrected chi connectivity index (χ4v) is 4.40. The molecule has 0 aromatic rings. The standard InChI is InChI=1S/C18H36N4O11.H2O4S/c19-2-6-10(25)12(27)13(28)18(30-6)33-16-5(21)1-4(20)15(14(16)29)32-17-11(26)8(22)9(24)7(3-23)31-17;1-5(2,3)4/h4-18,23-29H,1-3,19-22H2;(H2,1,2,3,4)/t4-,5-,6+,7-,8+,9-,10-,11-,12-,13+,14+,15+,16-,17-,18+;/m1./s1. The molecule has 0 bridgehead atoms. The molecule has 0 aromatic heterocycles. The molecule has 2 saturated heterocycles. The van der Waals surface area contributed by atoms with Crippen LogP contribution in [0.25, 0.3) is 0 Å². The van der Waals surface area contributed by atoms with Gasteiger partial charge in [0.25, 0.3) is 0 Å². The molecule has 19 nitrogen and oxygen atoms in total. The number of nitrogens with two attached hydrogens (primary N) is 4. The molecule has 3 aliphatic rings. The molecule has 1 aliphatic carbocycles. The quantitative estimate of drug-likeness (QED) is 0.129. The van der Waals surface area contributed by atoms with Gasteiger partial charge in [-0.25, -0.2) is 0 Å². The van der Waals surface area contributed by atoms with E-state index >= 15 is 0 Å². The maximum atomic E-state index is 10.9. The summed E-state index contributed by atoms with van der Waals surface area (Å²) in [5.41, 5.74) is 23.5. The first-order chi connectivity index (χ1) is 17.5. The lowest BCUT2D eigenvalue weighted by atomic mass is 9.84. The molecule has 2 aliphatic heterocycles. The van der Waals surface area contributed by atoms with Gasteiger partial charge in [-0.2, -0.15) is 8.42 Å². The molecule has 0 aromatic carbocycles. The zero-order chi connectivity index (χ0) is 29.1. The minimum Gasteiger partial charge on any atom is -0.394 e. The Balaban J connectivity index is 0.000000926. The minimum absolute atomic E-state index is 0.0849. The van der Waals surface area contributed by atoms with Crippen LogP contribution in [-0.4, -0.2) is 158 Å². The van der Waals surface area contributed by atoms with E-state index in [2.05, 4.69) is 0 Å². The average Bonchev–Trinajstić information content (AvgIpc) is 2.83. The molecule has 1 saturated carbocycles. The Morgan fingerprint density at radius 3 is 1.61 bits per heavy atom. The maximum absolute atomic E-state index is 10.9. The Hall–Kier alpha value is -0.730. The maximum Gasteiger partial charge on any atom is 0.394 e. The number of aliphatic hydroxyl groups excluding tert-OH is 7. The second-order valence-electron chi connectivity index (χ2n) is 9.24. The second-order valence-corrected chi connectivity index (χ2v) is 10.1. The van der Waals surface area contributed by atoms with Crippen molar-refractivity contribution in [1.29, 1.82) is 0 Å². The molecule has 3 rings (SSSR count). The van der Waals surface area contributed by atoms with Crippen molar-refractivity contribution in [3.63, 3.8) is 0 Å². The molecule has 0 unspecified atom stereocenters. The van der Waals surface area contributed by atoms with Crippen LogP contribution in [0.15, 0.2) is 0 Å². The van der Waals surface area contributed by atoms with Crippen molar-refractivity contribution in [2.24, 2.45) is 22.9 Å². The van der Waals surface area contributed by atoms with Gasteiger partial charge in [0.15, 0.2) is 12.6 Å². The zero-order valence-electron chi connectivity index (χ0n) is 20.0. The largest absolute Gasteiger partial charge is 0.394 e. The third kappa shape index (κ3) is 8.15. The Labute approximate surface area is 217 Å². The fraction of sp³-hybridized carbons (Fsp3) is 1.00. The molecule has 17 N–H and O–H groups in total. The highest BCUT2D eigenvalue weighted by atomic mass is 32.3. The van der Waals surface area contributed by atoms with Crippen LogP contribution in [0, 0.1) is 0 Å². The van der Waals surface area contributed by atoms with Gasteiger partial charge in [0.1, 0.15) is 61.0 Å². The van der Waals surface area contributed by atoms with Crippen LogP contribution in [0.2, 0.25) is 0 Å². The highest BCUT2D eigenvalue weighted by molar-refractivity contribution is 7.79. The number of hydrogen-bond donors (Lipinski definition) is 13. The number of hydrogen-bond acceptors (Lipinski definition) is 17. The molecule has 15 atom stereocenters. The monoisotopic (exact) mass is 582 g/mol. The third-order valence-electron chi connectivity index (χ3n) is 6.48. The second kappa shape index (κ2) is 13.8. The summed E-state index contributed by atoms with van der Waals surface area (Å²) in [4.78, 5) is 0. The summed E-state index contributed by atoms with van der Waals surface area (Å²) >= 11 is 0. The van der Waals surface area contributed by atoms with Crippen molar-refractivity contribution >= 4 is 10.4 Å². The van der Waals surface area contributed by atoms with E-state index in [1.54, 1.807) is 0 Å². The van der Waals surface area contributed by atoms with Gasteiger partial charge in [0.05, 0.1) is 12.6 Å². The van der Waals surface area contributed by atoms with E-state index in [9.17, 15) is 35.7 Å². The van der Waals surface area contributed by atoms with Crippen LogP contribution in [0.3, 0.4) is 0 Å². The van der Waals surface area contributed by atoms with Gasteiger partial charge in [-0.15, -0.1) is 0 Å². The van der Waals surface area contributed by atoms with Gasteiger partial charge in [-0.3, -0.25) is 9.11 Å². The van der Waals surface area contributed by atoms with E-state index in [0.717, 1.165) is 0 Å². The van der Waals surface area contributed by atoms with E-state index in [1.165, 1.54) is 0 Å². The highest BCUT2D eigenvalue weighted by Gasteiger charge is 2.51. The van der Waals surface area contributed by atoms with E-state index in [4.69, 9.17) is 59.4 Å². The first-order valence-corrected chi connectivity index (χ1v) is 12.9. The normalized spacial score (nSPS) is 48.2. The SMILES string of the molecule is NC[C@@H]1O[C@@H](O[C@H]2[C@@H](O)[C@@H](O[C@H]3O[C@H](CO)[C@@H](O)[C@H](N)[C@H]3O)[C@H](N)C[C@H]2N)[C@@H](O)[C@H](O)[C@@H]1O.O=S(=O)(O)O. The van der Waals surface area contributed by atoms with E-state index in [-0.39, 0.29) is 13.0 Å². The molecule has 0 spiro atoms. The summed E-state index contributed by atoms with van der Waals surface area (Å²) in [6, 6.07) is -2.86. The molecule has 0 radical (unpaired) electrons. The summed E-state index contributed by atoms with van der Waals surface area (Å²) in [5.74, 6) is 0. The first kappa shape index (κ1) is 33.5. The van der Waals surface area contributed by atoms with E-state index < -0.39 is 109 Å². The van der Waals surface area contributed by atoms with Crippen molar-refractivity contribution in [1.82, 2.24) is 0 Å². The van der Waals surface area contributed by atoms with E-state index in [0.29, 0.717) is 0 Å². The van der Waals surface area contributed by atoms with Crippen molar-refractivity contribution < 1.29 is 72.2 Å². The lowest BCUT2D eigenvalue weighted by molar-refractivity contribution is -0.332. The van der Waals surface area contributed by atoms with Crippen molar-refractivity contribution in [2.75, 3.05) is 13.2 Å². The van der Waals surface area contributed by atoms with Crippen LogP contribution in [0.5, 0.6) is 0 Å². The van der Waals surface area contributed by atoms with Crippen LogP contribution >= 0.6 is 0 Å². The van der Waals surface area contributed by atoms with Gasteiger partial charge in [-0.1, -0.05) is 0 Å². The van der Waals surface area contributed by atoms with Gasteiger partial charge in [0, 0.05) is 18.6 Å². The fourth-order valence-electron chi connectivity index (χ4n) is 4.40. The lowest BCUT2D eigenvalue weighted by Crippen LogP contribution is -2.68. The van der Waals surface area contributed by atoms with Crippen LogP contribution in [0.4, 0.5) is 0 Å². The van der Waals surface area contributed by atoms with Crippen molar-refractivity contribution in [3.8, 4) is 0 Å². The highest BCUT2D eigenvalue weighted by Crippen LogP contribution is 2.31. The Morgan fingerprint density at radius 1 is 0.711 bits per heavy atom. The minimum atomic E-state index is -4.67. The van der Waals surface area contributed by atoms with Gasteiger partial charge in [0.2, 0.25) is 0 Å². The number of rotatable bonds is 6. The number of ether oxygens (including phenoxy) is 4. The summed E-state index contributed by atoms with van der Waals surface area (Å²) < 4.78 is 53.8. The van der Waals surface area contributed by atoms with Crippen molar-refractivity contribution in [3.05, 3.63) is 0 Å². The van der Waals surface area contributed by atoms with E-state index in [1.807, 2.05) is 0 Å². The van der Waals surface area contributed by atoms with Crippen LogP contribution in [-0.2, 0) is 29.3 Å². The molecule has 0 amide bonds. The smallest absolute Gasteiger partial charge is 0.394 e. The predicted molar refractivity (Wildman–Crippen MR) is 122 cm³/mol. The molecule has 226 valence electrons. The molecule has 20 heteroatoms. The Bertz CT molecular complexity index is 783. The summed E-state index contributed by atoms with van der Waals surface area (Å²) in [5, 5.41) is 70.9. The first-order valence-electron chi connectivity index (χ1n) is 11.5. The zero-order valence-corrected chi connectivity index (χ0v) is 20.8. The Morgan fingerprint density at radius 2 is 1.16 bits per heavy atom. The molecule has 2 heterocycles. The average molecular weight is 583 g/mol. The third-order valence-corrected chi connectivity index (χ3v) is 6.48. The van der Waals surface area contributed by atoms with Crippen LogP contribution in [0.1, 0.15) is 6.42 Å². The summed E-state index contributed by atoms with van der Waals surface area (Å²) in [6.07, 6.45) is -16.5. The summed E-state index contributed by atoms with van der Waals surface area (Å²) in [7, 11) is -4.67. The van der Waals surface area contributed by atoms with Crippen molar-refractivity contribution in [2.45, 2.75) is 98.2 Å². The lowest BCUT2D eigenvalue weighted by Gasteiger charge is -2.48. The molecular formula is C18H38N4O15S. The van der Waals surface area contributed by atoms with Gasteiger partial charge in [-0.05, 0) is 6.42 Å². The van der Waals surface area contributed by atoms with Gasteiger partial charge < -0.3 is 77.6 Å². The molecule has 38 heavy (non-hydrogen) atoms. The topological polar surface area (TPSA) is 357 Å². The molecular weight excluding hydrogens is 544 g/mol. The Kier molecular flexibility index (Phi) is 12.1. The number of aliphatic hydroxyl groups is 7.